The number of piperidine rings is 2. The van der Waals surface area contributed by atoms with Crippen LogP contribution >= 0.6 is 24.0 Å². The van der Waals surface area contributed by atoms with E-state index in [1.165, 1.54) is 51.9 Å². The number of hydrogen-bond donors (Lipinski definition) is 2. The van der Waals surface area contributed by atoms with E-state index in [4.69, 9.17) is 0 Å². The van der Waals surface area contributed by atoms with Gasteiger partial charge in [0.25, 0.3) is 0 Å². The lowest BCUT2D eigenvalue weighted by atomic mass is 9.93. The van der Waals surface area contributed by atoms with Crippen LogP contribution < -0.4 is 10.6 Å². The summed E-state index contributed by atoms with van der Waals surface area (Å²) in [5.74, 6) is 1.78. The number of rotatable bonds is 5. The first kappa shape index (κ1) is 24.0. The number of nitrogens with zero attached hydrogens (tertiary/aromatic N) is 3. The maximum absolute atomic E-state index is 4.46. The fraction of sp³-hybridized carbons (Fsp3) is 0.950. The highest BCUT2D eigenvalue weighted by atomic mass is 127. The molecule has 1 atom stereocenters. The van der Waals surface area contributed by atoms with Crippen LogP contribution in [0.2, 0.25) is 0 Å². The molecule has 0 aromatic rings. The third-order valence-electron chi connectivity index (χ3n) is 6.03. The number of guanidine groups is 1. The van der Waals surface area contributed by atoms with Gasteiger partial charge < -0.3 is 15.5 Å². The zero-order chi connectivity index (χ0) is 18.4. The zero-order valence-corrected chi connectivity index (χ0v) is 20.2. The van der Waals surface area contributed by atoms with Crippen molar-refractivity contribution in [2.75, 3.05) is 39.8 Å². The predicted molar refractivity (Wildman–Crippen MR) is 124 cm³/mol. The van der Waals surface area contributed by atoms with Crippen molar-refractivity contribution in [3.63, 3.8) is 0 Å². The summed E-state index contributed by atoms with van der Waals surface area (Å²) in [5.41, 5.74) is 0.160. The molecule has 0 amide bonds. The van der Waals surface area contributed by atoms with Crippen LogP contribution in [0.15, 0.2) is 4.99 Å². The molecule has 0 aliphatic carbocycles. The van der Waals surface area contributed by atoms with Crippen LogP contribution in [-0.4, -0.2) is 73.2 Å². The molecule has 2 heterocycles. The average Bonchev–Trinajstić information content (AvgIpc) is 2.59. The van der Waals surface area contributed by atoms with Crippen molar-refractivity contribution in [2.24, 2.45) is 10.9 Å². The number of likely N-dealkylation sites (tertiary alicyclic amines) is 2. The normalized spacial score (nSPS) is 24.4. The van der Waals surface area contributed by atoms with Crippen molar-refractivity contribution in [3.05, 3.63) is 0 Å². The molecule has 26 heavy (non-hydrogen) atoms. The molecule has 2 rings (SSSR count). The van der Waals surface area contributed by atoms with Gasteiger partial charge >= 0.3 is 0 Å². The van der Waals surface area contributed by atoms with E-state index in [2.05, 4.69) is 60.0 Å². The molecule has 2 aliphatic heterocycles. The summed E-state index contributed by atoms with van der Waals surface area (Å²) in [7, 11) is 1.88. The van der Waals surface area contributed by atoms with Gasteiger partial charge in [-0.25, -0.2) is 0 Å². The predicted octanol–water partition coefficient (Wildman–Crippen LogP) is 3.15. The lowest BCUT2D eigenvalue weighted by Gasteiger charge is -2.43. The van der Waals surface area contributed by atoms with Crippen LogP contribution in [0.25, 0.3) is 0 Å². The van der Waals surface area contributed by atoms with Crippen LogP contribution in [0.4, 0.5) is 0 Å². The molecule has 0 aromatic carbocycles. The van der Waals surface area contributed by atoms with E-state index in [1.54, 1.807) is 0 Å². The SMILES string of the molecule is CN=C(NCC(C)(C)N1CCCC(C)C1)NC1CCN(C(C)C)CC1.I. The van der Waals surface area contributed by atoms with Gasteiger partial charge in [-0.1, -0.05) is 6.92 Å². The van der Waals surface area contributed by atoms with Gasteiger partial charge in [0, 0.05) is 50.8 Å². The molecule has 2 fully saturated rings. The van der Waals surface area contributed by atoms with Crippen molar-refractivity contribution < 1.29 is 0 Å². The Morgan fingerprint density at radius 2 is 1.81 bits per heavy atom. The van der Waals surface area contributed by atoms with Gasteiger partial charge in [0.15, 0.2) is 5.96 Å². The zero-order valence-electron chi connectivity index (χ0n) is 17.8. The standard InChI is InChI=1S/C20H41N5.HI/c1-16(2)24-12-9-18(10-13-24)23-19(21-6)22-15-20(4,5)25-11-7-8-17(3)14-25;/h16-18H,7-15H2,1-6H3,(H2,21,22,23);1H. The second kappa shape index (κ2) is 11.1. The Hall–Kier alpha value is -0.0800. The molecular formula is C20H42IN5. The number of nitrogens with one attached hydrogen (secondary N) is 2. The summed E-state index contributed by atoms with van der Waals surface area (Å²) in [5, 5.41) is 7.23. The van der Waals surface area contributed by atoms with E-state index in [0.29, 0.717) is 12.1 Å². The van der Waals surface area contributed by atoms with Crippen molar-refractivity contribution in [1.82, 2.24) is 20.4 Å². The quantitative estimate of drug-likeness (QED) is 0.361. The lowest BCUT2D eigenvalue weighted by molar-refractivity contribution is 0.0738. The summed E-state index contributed by atoms with van der Waals surface area (Å²) in [4.78, 5) is 9.67. The molecular weight excluding hydrogens is 437 g/mol. The maximum atomic E-state index is 4.46. The van der Waals surface area contributed by atoms with Gasteiger partial charge in [-0.15, -0.1) is 24.0 Å². The van der Waals surface area contributed by atoms with E-state index in [0.717, 1.165) is 18.4 Å². The first-order valence-electron chi connectivity index (χ1n) is 10.3. The van der Waals surface area contributed by atoms with E-state index in [9.17, 15) is 0 Å². The highest BCUT2D eigenvalue weighted by molar-refractivity contribution is 14.0. The van der Waals surface area contributed by atoms with Gasteiger partial charge in [0.05, 0.1) is 0 Å². The fourth-order valence-corrected chi connectivity index (χ4v) is 4.10. The number of hydrogen-bond acceptors (Lipinski definition) is 3. The molecule has 154 valence electrons. The summed E-state index contributed by atoms with van der Waals surface area (Å²) in [6.07, 6.45) is 5.10. The van der Waals surface area contributed by atoms with E-state index >= 15 is 0 Å². The van der Waals surface area contributed by atoms with Crippen molar-refractivity contribution in [1.29, 1.82) is 0 Å². The van der Waals surface area contributed by atoms with Crippen LogP contribution in [-0.2, 0) is 0 Å². The largest absolute Gasteiger partial charge is 0.355 e. The molecule has 2 aliphatic rings. The van der Waals surface area contributed by atoms with Gasteiger partial charge in [-0.2, -0.15) is 0 Å². The van der Waals surface area contributed by atoms with Crippen molar-refractivity contribution in [3.8, 4) is 0 Å². The maximum Gasteiger partial charge on any atom is 0.191 e. The third kappa shape index (κ3) is 7.15. The van der Waals surface area contributed by atoms with E-state index in [1.807, 2.05) is 7.05 Å². The minimum absolute atomic E-state index is 0. The Morgan fingerprint density at radius 1 is 1.15 bits per heavy atom. The van der Waals surface area contributed by atoms with E-state index in [-0.39, 0.29) is 29.5 Å². The van der Waals surface area contributed by atoms with Crippen LogP contribution in [0, 0.1) is 5.92 Å². The van der Waals surface area contributed by atoms with Gasteiger partial charge in [0.1, 0.15) is 0 Å². The summed E-state index contributed by atoms with van der Waals surface area (Å²) < 4.78 is 0. The lowest BCUT2D eigenvalue weighted by Crippen LogP contribution is -2.57. The van der Waals surface area contributed by atoms with Gasteiger partial charge in [-0.05, 0) is 65.8 Å². The summed E-state index contributed by atoms with van der Waals surface area (Å²) in [6, 6.07) is 1.20. The van der Waals surface area contributed by atoms with Crippen molar-refractivity contribution >= 4 is 29.9 Å². The van der Waals surface area contributed by atoms with E-state index < -0.39 is 0 Å². The van der Waals surface area contributed by atoms with Crippen LogP contribution in [0.5, 0.6) is 0 Å². The highest BCUT2D eigenvalue weighted by Gasteiger charge is 2.30. The number of aliphatic imine (C=N–C) groups is 1. The average molecular weight is 479 g/mol. The smallest absolute Gasteiger partial charge is 0.191 e. The highest BCUT2D eigenvalue weighted by Crippen LogP contribution is 2.23. The molecule has 6 heteroatoms. The second-order valence-electron chi connectivity index (χ2n) is 8.98. The van der Waals surface area contributed by atoms with Crippen LogP contribution in [0.3, 0.4) is 0 Å². The second-order valence-corrected chi connectivity index (χ2v) is 8.98. The van der Waals surface area contributed by atoms with Gasteiger partial charge in [-0.3, -0.25) is 9.89 Å². The Balaban J connectivity index is 0.00000338. The molecule has 0 bridgehead atoms. The first-order valence-corrected chi connectivity index (χ1v) is 10.3. The Labute approximate surface area is 178 Å². The summed E-state index contributed by atoms with van der Waals surface area (Å²) in [6.45, 7) is 17.4. The topological polar surface area (TPSA) is 42.9 Å². The monoisotopic (exact) mass is 479 g/mol. The molecule has 1 unspecified atom stereocenters. The third-order valence-corrected chi connectivity index (χ3v) is 6.03. The molecule has 2 saturated heterocycles. The van der Waals surface area contributed by atoms with Crippen molar-refractivity contribution in [2.45, 2.75) is 77.9 Å². The number of halogens is 1. The minimum Gasteiger partial charge on any atom is -0.355 e. The van der Waals surface area contributed by atoms with Gasteiger partial charge in [0.2, 0.25) is 0 Å². The fourth-order valence-electron chi connectivity index (χ4n) is 4.10. The Bertz CT molecular complexity index is 430. The molecule has 0 spiro atoms. The molecule has 5 nitrogen and oxygen atoms in total. The first-order chi connectivity index (χ1) is 11.8. The summed E-state index contributed by atoms with van der Waals surface area (Å²) >= 11 is 0. The Morgan fingerprint density at radius 3 is 2.35 bits per heavy atom. The minimum atomic E-state index is 0. The molecule has 0 radical (unpaired) electrons. The molecule has 0 aromatic heterocycles. The molecule has 2 N–H and O–H groups in total. The molecule has 0 saturated carbocycles. The van der Waals surface area contributed by atoms with Crippen LogP contribution in [0.1, 0.15) is 60.3 Å². The Kier molecular flexibility index (Phi) is 10.2.